The first kappa shape index (κ1) is 16.8. The number of phenols is 1. The molecule has 1 amide bonds. The second kappa shape index (κ2) is 7.26. The summed E-state index contributed by atoms with van der Waals surface area (Å²) in [5, 5.41) is 17.4. The largest absolute Gasteiger partial charge is 0.508 e. The van der Waals surface area contributed by atoms with Gasteiger partial charge in [-0.3, -0.25) is 4.79 Å². The van der Waals surface area contributed by atoms with E-state index in [0.717, 1.165) is 19.4 Å². The van der Waals surface area contributed by atoms with Gasteiger partial charge >= 0.3 is 0 Å². The maximum absolute atomic E-state index is 11.9. The number of hydrogen-bond acceptors (Lipinski definition) is 4. The Balaban J connectivity index is 1.62. The molecular formula is C16H20Cl2N2O3. The summed E-state index contributed by atoms with van der Waals surface area (Å²) in [4.78, 5) is 11.9. The molecule has 2 aliphatic heterocycles. The summed E-state index contributed by atoms with van der Waals surface area (Å²) in [6, 6.07) is 3.33. The first-order valence-electron chi connectivity index (χ1n) is 7.82. The zero-order chi connectivity index (χ0) is 16.4. The summed E-state index contributed by atoms with van der Waals surface area (Å²) in [5.41, 5.74) is 0.712. The lowest BCUT2D eigenvalue weighted by Gasteiger charge is -2.32. The van der Waals surface area contributed by atoms with Gasteiger partial charge in [0.05, 0.1) is 29.2 Å². The Morgan fingerprint density at radius 1 is 1.39 bits per heavy atom. The molecule has 0 bridgehead atoms. The molecule has 7 heteroatoms. The van der Waals surface area contributed by atoms with Crippen molar-refractivity contribution in [3.63, 3.8) is 0 Å². The summed E-state index contributed by atoms with van der Waals surface area (Å²) in [6.07, 6.45) is 1.66. The number of rotatable bonds is 4. The molecule has 0 spiro atoms. The molecular weight excluding hydrogens is 339 g/mol. The molecule has 0 aliphatic carbocycles. The normalized spacial score (nSPS) is 25.0. The second-order valence-electron chi connectivity index (χ2n) is 6.15. The zero-order valence-corrected chi connectivity index (χ0v) is 14.2. The number of ether oxygens (including phenoxy) is 1. The molecule has 5 nitrogen and oxygen atoms in total. The van der Waals surface area contributed by atoms with Crippen LogP contribution in [-0.2, 0) is 9.53 Å². The number of aromatic hydroxyl groups is 1. The number of benzene rings is 1. The fourth-order valence-corrected chi connectivity index (χ4v) is 3.60. The van der Waals surface area contributed by atoms with Crippen molar-refractivity contribution in [2.24, 2.45) is 5.92 Å². The average Bonchev–Trinajstić information content (AvgIpc) is 2.48. The predicted molar refractivity (Wildman–Crippen MR) is 89.2 cm³/mol. The summed E-state index contributed by atoms with van der Waals surface area (Å²) in [7, 11) is 0. The molecule has 3 rings (SSSR count). The van der Waals surface area contributed by atoms with Crippen molar-refractivity contribution in [3.8, 4) is 5.75 Å². The van der Waals surface area contributed by atoms with Gasteiger partial charge in [-0.1, -0.05) is 23.2 Å². The zero-order valence-electron chi connectivity index (χ0n) is 12.6. The standard InChI is InChI=1S/C16H20Cl2N2O3/c17-12-1-2-13(21)14(15(12)18)9-3-4-19-11(5-9)6-20-16(22)10-7-23-8-10/h1-2,9-11,19,21H,3-8H2,(H,20,22). The van der Waals surface area contributed by atoms with Crippen LogP contribution in [0.4, 0.5) is 0 Å². The minimum atomic E-state index is -0.0131. The van der Waals surface area contributed by atoms with Crippen LogP contribution in [0, 0.1) is 5.92 Å². The first-order chi connectivity index (χ1) is 11.1. The maximum atomic E-state index is 11.9. The number of hydrogen-bond donors (Lipinski definition) is 3. The summed E-state index contributed by atoms with van der Waals surface area (Å²) in [5.74, 6) is 0.335. The highest BCUT2D eigenvalue weighted by Crippen LogP contribution is 2.41. The van der Waals surface area contributed by atoms with Crippen molar-refractivity contribution in [1.82, 2.24) is 10.6 Å². The highest BCUT2D eigenvalue weighted by atomic mass is 35.5. The molecule has 2 atom stereocenters. The number of carbonyl (C=O) groups is 1. The topological polar surface area (TPSA) is 70.6 Å². The van der Waals surface area contributed by atoms with Crippen molar-refractivity contribution >= 4 is 29.1 Å². The van der Waals surface area contributed by atoms with Gasteiger partial charge < -0.3 is 20.5 Å². The molecule has 2 saturated heterocycles. The van der Waals surface area contributed by atoms with Crippen LogP contribution in [0.2, 0.25) is 10.0 Å². The Labute approximate surface area is 145 Å². The van der Waals surface area contributed by atoms with E-state index >= 15 is 0 Å². The van der Waals surface area contributed by atoms with Crippen LogP contribution < -0.4 is 10.6 Å². The van der Waals surface area contributed by atoms with Crippen molar-refractivity contribution in [2.75, 3.05) is 26.3 Å². The molecule has 3 N–H and O–H groups in total. The third-order valence-electron chi connectivity index (χ3n) is 4.54. The van der Waals surface area contributed by atoms with E-state index in [2.05, 4.69) is 10.6 Å². The number of nitrogens with one attached hydrogen (secondary N) is 2. The smallest absolute Gasteiger partial charge is 0.227 e. The summed E-state index contributed by atoms with van der Waals surface area (Å²) >= 11 is 12.4. The SMILES string of the molecule is O=C(NCC1CC(c2c(O)ccc(Cl)c2Cl)CCN1)C1COC1. The van der Waals surface area contributed by atoms with Gasteiger partial charge in [-0.15, -0.1) is 0 Å². The molecule has 23 heavy (non-hydrogen) atoms. The van der Waals surface area contributed by atoms with E-state index in [1.165, 1.54) is 0 Å². The molecule has 2 aliphatic rings. The van der Waals surface area contributed by atoms with Crippen molar-refractivity contribution in [3.05, 3.63) is 27.7 Å². The summed E-state index contributed by atoms with van der Waals surface area (Å²) in [6.45, 7) is 2.39. The highest BCUT2D eigenvalue weighted by Gasteiger charge is 2.30. The second-order valence-corrected chi connectivity index (χ2v) is 6.93. The fourth-order valence-electron chi connectivity index (χ4n) is 3.12. The fraction of sp³-hybridized carbons (Fsp3) is 0.562. The lowest BCUT2D eigenvalue weighted by atomic mass is 9.85. The van der Waals surface area contributed by atoms with Crippen molar-refractivity contribution in [2.45, 2.75) is 24.8 Å². The van der Waals surface area contributed by atoms with Crippen LogP contribution in [0.1, 0.15) is 24.3 Å². The average molecular weight is 359 g/mol. The molecule has 0 saturated carbocycles. The van der Waals surface area contributed by atoms with Crippen LogP contribution in [0.15, 0.2) is 12.1 Å². The number of amides is 1. The molecule has 0 radical (unpaired) electrons. The van der Waals surface area contributed by atoms with Gasteiger partial charge in [-0.05, 0) is 37.4 Å². The van der Waals surface area contributed by atoms with Gasteiger partial charge in [0, 0.05) is 18.2 Å². The molecule has 1 aromatic carbocycles. The lowest BCUT2D eigenvalue weighted by molar-refractivity contribution is -0.138. The van der Waals surface area contributed by atoms with Gasteiger partial charge in [-0.2, -0.15) is 0 Å². The molecule has 2 heterocycles. The van der Waals surface area contributed by atoms with Crippen molar-refractivity contribution < 1.29 is 14.6 Å². The van der Waals surface area contributed by atoms with Gasteiger partial charge in [-0.25, -0.2) is 0 Å². The Morgan fingerprint density at radius 2 is 2.17 bits per heavy atom. The van der Waals surface area contributed by atoms with E-state index in [4.69, 9.17) is 27.9 Å². The third-order valence-corrected chi connectivity index (χ3v) is 5.36. The molecule has 2 fully saturated rings. The predicted octanol–water partition coefficient (Wildman–Crippen LogP) is 2.30. The van der Waals surface area contributed by atoms with Crippen LogP contribution in [-0.4, -0.2) is 43.4 Å². The van der Waals surface area contributed by atoms with E-state index in [-0.39, 0.29) is 29.5 Å². The van der Waals surface area contributed by atoms with Gasteiger partial charge in [0.1, 0.15) is 5.75 Å². The molecule has 1 aromatic rings. The molecule has 0 aromatic heterocycles. The first-order valence-corrected chi connectivity index (χ1v) is 8.57. The number of piperidine rings is 1. The minimum absolute atomic E-state index is 0.0131. The third kappa shape index (κ3) is 3.74. The van der Waals surface area contributed by atoms with Crippen LogP contribution in [0.3, 0.4) is 0 Å². The van der Waals surface area contributed by atoms with Gasteiger partial charge in [0.15, 0.2) is 0 Å². The molecule has 126 valence electrons. The Hall–Kier alpha value is -1.01. The molecule has 2 unspecified atom stereocenters. The monoisotopic (exact) mass is 358 g/mol. The Bertz CT molecular complexity index is 593. The lowest BCUT2D eigenvalue weighted by Crippen LogP contribution is -2.49. The summed E-state index contributed by atoms with van der Waals surface area (Å²) < 4.78 is 5.03. The van der Waals surface area contributed by atoms with E-state index in [1.54, 1.807) is 12.1 Å². The maximum Gasteiger partial charge on any atom is 0.227 e. The Morgan fingerprint density at radius 3 is 2.87 bits per heavy atom. The van der Waals surface area contributed by atoms with Crippen molar-refractivity contribution in [1.29, 1.82) is 0 Å². The van der Waals surface area contributed by atoms with Crippen LogP contribution in [0.5, 0.6) is 5.75 Å². The number of carbonyl (C=O) groups excluding carboxylic acids is 1. The van der Waals surface area contributed by atoms with Gasteiger partial charge in [0.2, 0.25) is 5.91 Å². The highest BCUT2D eigenvalue weighted by molar-refractivity contribution is 6.42. The minimum Gasteiger partial charge on any atom is -0.508 e. The Kier molecular flexibility index (Phi) is 5.31. The number of halogens is 2. The van der Waals surface area contributed by atoms with Crippen LogP contribution in [0.25, 0.3) is 0 Å². The van der Waals surface area contributed by atoms with E-state index in [0.29, 0.717) is 35.4 Å². The van der Waals surface area contributed by atoms with Crippen LogP contribution >= 0.6 is 23.2 Å². The van der Waals surface area contributed by atoms with Gasteiger partial charge in [0.25, 0.3) is 0 Å². The van der Waals surface area contributed by atoms with E-state index in [9.17, 15) is 9.90 Å². The quantitative estimate of drug-likeness (QED) is 0.772. The number of phenolic OH excluding ortho intramolecular Hbond substituents is 1. The van der Waals surface area contributed by atoms with E-state index < -0.39 is 0 Å². The van der Waals surface area contributed by atoms with E-state index in [1.807, 2.05) is 0 Å².